The third-order valence-corrected chi connectivity index (χ3v) is 3.02. The molecular weight excluding hydrogens is 310 g/mol. The van der Waals surface area contributed by atoms with Crippen LogP contribution in [0.3, 0.4) is 0 Å². The van der Waals surface area contributed by atoms with E-state index in [1.807, 2.05) is 25.1 Å². The van der Waals surface area contributed by atoms with Gasteiger partial charge in [0, 0.05) is 8.95 Å². The lowest BCUT2D eigenvalue weighted by molar-refractivity contribution is 0.140. The molecule has 0 bridgehead atoms. The van der Waals surface area contributed by atoms with Crippen molar-refractivity contribution in [2.45, 2.75) is 25.5 Å². The Labute approximate surface area is 101 Å². The number of nitrogens with two attached hydrogens (primary N) is 1. The molecule has 0 aliphatic carbocycles. The average molecular weight is 323 g/mol. The van der Waals surface area contributed by atoms with Crippen molar-refractivity contribution >= 4 is 31.9 Å². The zero-order valence-corrected chi connectivity index (χ0v) is 11.0. The highest BCUT2D eigenvalue weighted by molar-refractivity contribution is 9.11. The van der Waals surface area contributed by atoms with Crippen LogP contribution in [-0.4, -0.2) is 11.2 Å². The molecule has 0 aliphatic heterocycles. The molecular formula is C10H13Br2NO. The van der Waals surface area contributed by atoms with Crippen molar-refractivity contribution in [2.24, 2.45) is 5.73 Å². The van der Waals surface area contributed by atoms with E-state index in [9.17, 15) is 5.11 Å². The van der Waals surface area contributed by atoms with Crippen molar-refractivity contribution in [3.63, 3.8) is 0 Å². The predicted octanol–water partition coefficient (Wildman–Crippen LogP) is 2.98. The minimum Gasteiger partial charge on any atom is -0.391 e. The van der Waals surface area contributed by atoms with E-state index < -0.39 is 6.10 Å². The van der Waals surface area contributed by atoms with Crippen LogP contribution in [0.15, 0.2) is 27.1 Å². The molecule has 0 radical (unpaired) electrons. The molecule has 0 fully saturated rings. The van der Waals surface area contributed by atoms with Crippen molar-refractivity contribution in [2.75, 3.05) is 0 Å². The monoisotopic (exact) mass is 321 g/mol. The summed E-state index contributed by atoms with van der Waals surface area (Å²) in [6.07, 6.45) is 0.168. The Bertz CT molecular complexity index is 297. The highest BCUT2D eigenvalue weighted by Crippen LogP contribution is 2.25. The topological polar surface area (TPSA) is 46.2 Å². The standard InChI is InChI=1S/C10H13Br2NO/c1-2-9(14)10(13)6-3-7(11)5-8(12)4-6/h3-5,9-10,14H,2,13H2,1H3/t9-,10+/m1/s1. The number of hydrogen-bond acceptors (Lipinski definition) is 2. The lowest BCUT2D eigenvalue weighted by Crippen LogP contribution is -2.25. The highest BCUT2D eigenvalue weighted by Gasteiger charge is 2.15. The number of benzene rings is 1. The molecule has 14 heavy (non-hydrogen) atoms. The van der Waals surface area contributed by atoms with E-state index in [2.05, 4.69) is 31.9 Å². The summed E-state index contributed by atoms with van der Waals surface area (Å²) in [5.41, 5.74) is 6.83. The number of aliphatic hydroxyl groups is 1. The summed E-state index contributed by atoms with van der Waals surface area (Å²) < 4.78 is 1.92. The summed E-state index contributed by atoms with van der Waals surface area (Å²) in [4.78, 5) is 0. The molecule has 0 saturated heterocycles. The van der Waals surface area contributed by atoms with Gasteiger partial charge in [-0.3, -0.25) is 0 Å². The number of hydrogen-bond donors (Lipinski definition) is 2. The first-order valence-electron chi connectivity index (χ1n) is 4.44. The molecule has 0 unspecified atom stereocenters. The van der Waals surface area contributed by atoms with Gasteiger partial charge in [0.05, 0.1) is 12.1 Å². The molecule has 0 amide bonds. The molecule has 4 heteroatoms. The third kappa shape index (κ3) is 3.05. The second-order valence-electron chi connectivity index (χ2n) is 3.20. The van der Waals surface area contributed by atoms with E-state index >= 15 is 0 Å². The first-order valence-corrected chi connectivity index (χ1v) is 6.02. The molecule has 1 rings (SSSR count). The van der Waals surface area contributed by atoms with E-state index in [0.717, 1.165) is 14.5 Å². The number of rotatable bonds is 3. The maximum Gasteiger partial charge on any atom is 0.0730 e. The average Bonchev–Trinajstić information content (AvgIpc) is 2.14. The van der Waals surface area contributed by atoms with Gasteiger partial charge in [-0.25, -0.2) is 0 Å². The summed E-state index contributed by atoms with van der Waals surface area (Å²) in [5.74, 6) is 0. The quantitative estimate of drug-likeness (QED) is 0.898. The van der Waals surface area contributed by atoms with Crippen LogP contribution < -0.4 is 5.73 Å². The van der Waals surface area contributed by atoms with Gasteiger partial charge in [-0.2, -0.15) is 0 Å². The predicted molar refractivity (Wildman–Crippen MR) is 65.1 cm³/mol. The minimum absolute atomic E-state index is 0.325. The highest BCUT2D eigenvalue weighted by atomic mass is 79.9. The Morgan fingerprint density at radius 2 is 1.79 bits per heavy atom. The van der Waals surface area contributed by atoms with Crippen LogP contribution in [0.4, 0.5) is 0 Å². The molecule has 0 spiro atoms. The summed E-state index contributed by atoms with van der Waals surface area (Å²) in [7, 11) is 0. The molecule has 0 heterocycles. The zero-order chi connectivity index (χ0) is 10.7. The van der Waals surface area contributed by atoms with Gasteiger partial charge >= 0.3 is 0 Å². The van der Waals surface area contributed by atoms with Crippen LogP contribution in [0.5, 0.6) is 0 Å². The van der Waals surface area contributed by atoms with Gasteiger partial charge in [-0.1, -0.05) is 38.8 Å². The van der Waals surface area contributed by atoms with Crippen LogP contribution in [0.25, 0.3) is 0 Å². The van der Waals surface area contributed by atoms with Crippen molar-refractivity contribution in [3.8, 4) is 0 Å². The molecule has 0 aromatic heterocycles. The molecule has 78 valence electrons. The fourth-order valence-electron chi connectivity index (χ4n) is 1.24. The van der Waals surface area contributed by atoms with Gasteiger partial charge in [0.25, 0.3) is 0 Å². The van der Waals surface area contributed by atoms with E-state index in [4.69, 9.17) is 5.73 Å². The number of aliphatic hydroxyl groups excluding tert-OH is 1. The Morgan fingerprint density at radius 1 is 1.29 bits per heavy atom. The largest absolute Gasteiger partial charge is 0.391 e. The van der Waals surface area contributed by atoms with Gasteiger partial charge in [0.1, 0.15) is 0 Å². The fourth-order valence-corrected chi connectivity index (χ4v) is 2.57. The zero-order valence-electron chi connectivity index (χ0n) is 7.87. The maximum atomic E-state index is 9.61. The van der Waals surface area contributed by atoms with Crippen LogP contribution >= 0.6 is 31.9 Å². The summed E-state index contributed by atoms with van der Waals surface area (Å²) in [5, 5.41) is 9.61. The molecule has 3 N–H and O–H groups in total. The third-order valence-electron chi connectivity index (χ3n) is 2.10. The second kappa shape index (κ2) is 5.26. The molecule has 0 aliphatic rings. The normalized spacial score (nSPS) is 15.2. The van der Waals surface area contributed by atoms with E-state index in [-0.39, 0.29) is 6.04 Å². The summed E-state index contributed by atoms with van der Waals surface area (Å²) in [6, 6.07) is 5.46. The molecule has 0 saturated carbocycles. The van der Waals surface area contributed by atoms with E-state index in [1.165, 1.54) is 0 Å². The lowest BCUT2D eigenvalue weighted by atomic mass is 10.0. The smallest absolute Gasteiger partial charge is 0.0730 e. The molecule has 2 nitrogen and oxygen atoms in total. The van der Waals surface area contributed by atoms with Crippen LogP contribution in [0.2, 0.25) is 0 Å². The fraction of sp³-hybridized carbons (Fsp3) is 0.400. The molecule has 1 aromatic carbocycles. The SMILES string of the molecule is CC[C@@H](O)[C@@H](N)c1cc(Br)cc(Br)c1. The summed E-state index contributed by atoms with van der Waals surface area (Å²) in [6.45, 7) is 1.91. The first-order chi connectivity index (χ1) is 6.54. The van der Waals surface area contributed by atoms with Gasteiger partial charge in [-0.15, -0.1) is 0 Å². The molecule has 2 atom stereocenters. The van der Waals surface area contributed by atoms with Gasteiger partial charge in [-0.05, 0) is 30.2 Å². The minimum atomic E-state index is -0.490. The van der Waals surface area contributed by atoms with Crippen molar-refractivity contribution in [1.29, 1.82) is 0 Å². The van der Waals surface area contributed by atoms with Crippen molar-refractivity contribution < 1.29 is 5.11 Å². The van der Waals surface area contributed by atoms with Crippen LogP contribution in [0, 0.1) is 0 Å². The van der Waals surface area contributed by atoms with Crippen LogP contribution in [-0.2, 0) is 0 Å². The van der Waals surface area contributed by atoms with Crippen molar-refractivity contribution in [1.82, 2.24) is 0 Å². The van der Waals surface area contributed by atoms with E-state index in [1.54, 1.807) is 0 Å². The van der Waals surface area contributed by atoms with Gasteiger partial charge < -0.3 is 10.8 Å². The van der Waals surface area contributed by atoms with Crippen molar-refractivity contribution in [3.05, 3.63) is 32.7 Å². The van der Waals surface area contributed by atoms with Crippen LogP contribution in [0.1, 0.15) is 24.9 Å². The second-order valence-corrected chi connectivity index (χ2v) is 5.04. The maximum absolute atomic E-state index is 9.61. The molecule has 1 aromatic rings. The lowest BCUT2D eigenvalue weighted by Gasteiger charge is -2.18. The Balaban J connectivity index is 2.94. The first kappa shape index (κ1) is 12.2. The number of halogens is 2. The Morgan fingerprint density at radius 3 is 2.21 bits per heavy atom. The Hall–Kier alpha value is 0.1000. The summed E-state index contributed by atoms with van der Waals surface area (Å²) >= 11 is 6.77. The van der Waals surface area contributed by atoms with Gasteiger partial charge in [0.2, 0.25) is 0 Å². The van der Waals surface area contributed by atoms with E-state index in [0.29, 0.717) is 6.42 Å². The Kier molecular flexibility index (Phi) is 4.57. The van der Waals surface area contributed by atoms with Gasteiger partial charge in [0.15, 0.2) is 0 Å².